The summed E-state index contributed by atoms with van der Waals surface area (Å²) < 4.78 is 7.11. The van der Waals surface area contributed by atoms with E-state index < -0.39 is 6.03 Å². The van der Waals surface area contributed by atoms with Crippen molar-refractivity contribution in [2.75, 3.05) is 14.2 Å². The van der Waals surface area contributed by atoms with Crippen LogP contribution in [-0.2, 0) is 6.54 Å². The van der Waals surface area contributed by atoms with E-state index in [2.05, 4.69) is 22.6 Å². The van der Waals surface area contributed by atoms with E-state index in [-0.39, 0.29) is 18.5 Å². The van der Waals surface area contributed by atoms with Gasteiger partial charge < -0.3 is 26.0 Å². The summed E-state index contributed by atoms with van der Waals surface area (Å²) in [7, 11) is 3.77. The van der Waals surface area contributed by atoms with Gasteiger partial charge in [0.05, 0.1) is 18.3 Å². The number of methoxy groups -OCH3 is 1. The molecular formula is C25H30N6O3. The number of nitrogens with two attached hydrogens (primary N) is 1. The molecule has 3 amide bonds. The molecule has 0 aliphatic carbocycles. The SMILES string of the molecule is COc1ccc(-n2nc(C(=O)NC3CC4CCC(C3)N4C)c3ccccc32)c(CNC(N)=O)c1. The Morgan fingerprint density at radius 2 is 1.88 bits per heavy atom. The molecule has 2 unspecified atom stereocenters. The molecule has 2 aromatic carbocycles. The smallest absolute Gasteiger partial charge is 0.312 e. The van der Waals surface area contributed by atoms with Crippen molar-refractivity contribution < 1.29 is 14.3 Å². The number of carbonyl (C=O) groups excluding carboxylic acids is 2. The van der Waals surface area contributed by atoms with Gasteiger partial charge in [0.2, 0.25) is 0 Å². The first kappa shape index (κ1) is 22.2. The summed E-state index contributed by atoms with van der Waals surface area (Å²) in [5.41, 5.74) is 8.00. The summed E-state index contributed by atoms with van der Waals surface area (Å²) in [6, 6.07) is 13.8. The van der Waals surface area contributed by atoms with Crippen LogP contribution < -0.4 is 21.1 Å². The number of nitrogens with zero attached hydrogens (tertiary/aromatic N) is 3. The van der Waals surface area contributed by atoms with Gasteiger partial charge in [-0.05, 0) is 57.0 Å². The monoisotopic (exact) mass is 462 g/mol. The topological polar surface area (TPSA) is 115 Å². The number of nitrogens with one attached hydrogen (secondary N) is 2. The predicted octanol–water partition coefficient (Wildman–Crippen LogP) is 2.56. The summed E-state index contributed by atoms with van der Waals surface area (Å²) in [6.45, 7) is 0.204. The Balaban J connectivity index is 1.49. The lowest BCUT2D eigenvalue weighted by Crippen LogP contribution is -2.48. The molecule has 2 aliphatic heterocycles. The maximum atomic E-state index is 13.4. The third-order valence-corrected chi connectivity index (χ3v) is 7.20. The van der Waals surface area contributed by atoms with E-state index >= 15 is 0 Å². The van der Waals surface area contributed by atoms with E-state index in [9.17, 15) is 9.59 Å². The van der Waals surface area contributed by atoms with Gasteiger partial charge in [0.1, 0.15) is 5.75 Å². The molecule has 9 heteroatoms. The molecule has 2 bridgehead atoms. The van der Waals surface area contributed by atoms with Crippen LogP contribution in [0.25, 0.3) is 16.6 Å². The average Bonchev–Trinajstić information content (AvgIpc) is 3.30. The van der Waals surface area contributed by atoms with Crippen molar-refractivity contribution in [3.63, 3.8) is 0 Å². The molecule has 2 saturated heterocycles. The minimum Gasteiger partial charge on any atom is -0.497 e. The average molecular weight is 463 g/mol. The van der Waals surface area contributed by atoms with Crippen LogP contribution in [0.2, 0.25) is 0 Å². The van der Waals surface area contributed by atoms with Gasteiger partial charge in [-0.25, -0.2) is 9.48 Å². The first-order chi connectivity index (χ1) is 16.4. The summed E-state index contributed by atoms with van der Waals surface area (Å²) in [5.74, 6) is 0.491. The van der Waals surface area contributed by atoms with Gasteiger partial charge in [0.25, 0.3) is 5.91 Å². The Morgan fingerprint density at radius 3 is 2.59 bits per heavy atom. The van der Waals surface area contributed by atoms with Crippen LogP contribution >= 0.6 is 0 Å². The quantitative estimate of drug-likeness (QED) is 0.521. The van der Waals surface area contributed by atoms with Crippen LogP contribution in [0.1, 0.15) is 41.7 Å². The van der Waals surface area contributed by atoms with Crippen LogP contribution in [-0.4, -0.2) is 58.9 Å². The zero-order valence-corrected chi connectivity index (χ0v) is 19.5. The van der Waals surface area contributed by atoms with E-state index in [4.69, 9.17) is 15.6 Å². The third-order valence-electron chi connectivity index (χ3n) is 7.20. The number of hydrogen-bond donors (Lipinski definition) is 3. The van der Waals surface area contributed by atoms with Crippen LogP contribution in [0.3, 0.4) is 0 Å². The summed E-state index contributed by atoms with van der Waals surface area (Å²) in [5, 5.41) is 11.4. The Hall–Kier alpha value is -3.59. The van der Waals surface area contributed by atoms with E-state index in [0.717, 1.165) is 35.0 Å². The van der Waals surface area contributed by atoms with Gasteiger partial charge in [-0.3, -0.25) is 4.79 Å². The van der Waals surface area contributed by atoms with E-state index in [1.165, 1.54) is 12.8 Å². The highest BCUT2D eigenvalue weighted by Crippen LogP contribution is 2.34. The summed E-state index contributed by atoms with van der Waals surface area (Å²) in [6.07, 6.45) is 4.34. The lowest BCUT2D eigenvalue weighted by molar-refractivity contribution is 0.0878. The molecule has 9 nitrogen and oxygen atoms in total. The number of aromatic nitrogens is 2. The van der Waals surface area contributed by atoms with Crippen LogP contribution in [0.4, 0.5) is 4.79 Å². The number of ether oxygens (including phenoxy) is 1. The number of benzene rings is 2. The minimum absolute atomic E-state index is 0.154. The molecule has 3 heterocycles. The number of amides is 3. The van der Waals surface area contributed by atoms with Gasteiger partial charge in [0, 0.05) is 35.6 Å². The van der Waals surface area contributed by atoms with Crippen molar-refractivity contribution in [2.24, 2.45) is 5.73 Å². The fourth-order valence-corrected chi connectivity index (χ4v) is 5.42. The Bertz CT molecular complexity index is 1220. The van der Waals surface area contributed by atoms with Gasteiger partial charge in [-0.2, -0.15) is 5.10 Å². The molecule has 0 radical (unpaired) electrons. The molecule has 5 rings (SSSR count). The number of urea groups is 1. The number of fused-ring (bicyclic) bond motifs is 3. The first-order valence-electron chi connectivity index (χ1n) is 11.7. The number of carbonyl (C=O) groups is 2. The Morgan fingerprint density at radius 1 is 1.15 bits per heavy atom. The zero-order valence-electron chi connectivity index (χ0n) is 19.5. The van der Waals surface area contributed by atoms with E-state index in [1.54, 1.807) is 11.8 Å². The maximum Gasteiger partial charge on any atom is 0.312 e. The van der Waals surface area contributed by atoms with Crippen molar-refractivity contribution in [3.8, 4) is 11.4 Å². The molecule has 0 saturated carbocycles. The molecular weight excluding hydrogens is 432 g/mol. The van der Waals surface area contributed by atoms with Gasteiger partial charge in [0.15, 0.2) is 5.69 Å². The van der Waals surface area contributed by atoms with Crippen molar-refractivity contribution in [2.45, 2.75) is 50.4 Å². The van der Waals surface area contributed by atoms with Crippen molar-refractivity contribution in [1.82, 2.24) is 25.3 Å². The minimum atomic E-state index is -0.619. The fraction of sp³-hybridized carbons (Fsp3) is 0.400. The zero-order chi connectivity index (χ0) is 23.8. The molecule has 4 N–H and O–H groups in total. The summed E-state index contributed by atoms with van der Waals surface area (Å²) >= 11 is 0. The Kier molecular flexibility index (Phi) is 5.87. The molecule has 2 aliphatic rings. The molecule has 1 aromatic heterocycles. The highest BCUT2D eigenvalue weighted by atomic mass is 16.5. The maximum absolute atomic E-state index is 13.4. The van der Waals surface area contributed by atoms with Gasteiger partial charge in [-0.1, -0.05) is 18.2 Å². The van der Waals surface area contributed by atoms with Gasteiger partial charge in [-0.15, -0.1) is 0 Å². The highest BCUT2D eigenvalue weighted by molar-refractivity contribution is 6.05. The molecule has 2 fully saturated rings. The largest absolute Gasteiger partial charge is 0.497 e. The lowest BCUT2D eigenvalue weighted by Gasteiger charge is -2.36. The van der Waals surface area contributed by atoms with E-state index in [0.29, 0.717) is 23.5 Å². The van der Waals surface area contributed by atoms with E-state index in [1.807, 2.05) is 42.5 Å². The van der Waals surface area contributed by atoms with Crippen LogP contribution in [0.5, 0.6) is 5.75 Å². The highest BCUT2D eigenvalue weighted by Gasteiger charge is 2.39. The molecule has 178 valence electrons. The fourth-order valence-electron chi connectivity index (χ4n) is 5.42. The Labute approximate surface area is 198 Å². The second-order valence-corrected chi connectivity index (χ2v) is 9.18. The predicted molar refractivity (Wildman–Crippen MR) is 129 cm³/mol. The molecule has 2 atom stereocenters. The standard InChI is InChI=1S/C25H30N6O3/c1-30-17-7-8-18(30)13-16(12-17)28-24(32)23-20-5-3-4-6-22(20)31(29-23)21-10-9-19(34-2)11-15(21)14-27-25(26)33/h3-6,9-11,16-18H,7-8,12-14H2,1-2H3,(H,28,32)(H3,26,27,33). The second-order valence-electron chi connectivity index (χ2n) is 9.18. The summed E-state index contributed by atoms with van der Waals surface area (Å²) in [4.78, 5) is 27.2. The lowest BCUT2D eigenvalue weighted by atomic mass is 9.98. The van der Waals surface area contributed by atoms with Gasteiger partial charge >= 0.3 is 6.03 Å². The number of rotatable bonds is 6. The molecule has 34 heavy (non-hydrogen) atoms. The number of para-hydroxylation sites is 1. The first-order valence-corrected chi connectivity index (χ1v) is 11.7. The molecule has 3 aromatic rings. The molecule has 0 spiro atoms. The van der Waals surface area contributed by atoms with Crippen LogP contribution in [0.15, 0.2) is 42.5 Å². The number of primary amides is 1. The number of hydrogen-bond acceptors (Lipinski definition) is 5. The number of piperidine rings is 1. The van der Waals surface area contributed by atoms with Crippen molar-refractivity contribution in [3.05, 3.63) is 53.7 Å². The van der Waals surface area contributed by atoms with Crippen LogP contribution in [0, 0.1) is 0 Å². The second kappa shape index (κ2) is 8.98. The van der Waals surface area contributed by atoms with Crippen molar-refractivity contribution in [1.29, 1.82) is 0 Å². The normalized spacial score (nSPS) is 22.0. The van der Waals surface area contributed by atoms with Crippen molar-refractivity contribution >= 4 is 22.8 Å². The third kappa shape index (κ3) is 4.07.